The normalized spacial score (nSPS) is 8.69. The second-order valence-corrected chi connectivity index (χ2v) is 2.35. The molecule has 0 atom stereocenters. The molecule has 0 radical (unpaired) electrons. The molecule has 0 aliphatic carbocycles. The van der Waals surface area contributed by atoms with Crippen molar-refractivity contribution >= 4 is 12.0 Å². The molecule has 1 aromatic rings. The molecule has 0 bridgehead atoms. The molecule has 0 spiro atoms. The van der Waals surface area contributed by atoms with Crippen LogP contribution in [0.5, 0.6) is 0 Å². The number of pyridine rings is 1. The van der Waals surface area contributed by atoms with E-state index in [2.05, 4.69) is 22.0 Å². The molecule has 0 aromatic carbocycles. The van der Waals surface area contributed by atoms with E-state index < -0.39 is 5.97 Å². The van der Waals surface area contributed by atoms with Gasteiger partial charge >= 0.3 is 5.97 Å². The molecule has 0 amide bonds. The summed E-state index contributed by atoms with van der Waals surface area (Å²) in [5.41, 5.74) is 3.80. The Morgan fingerprint density at radius 2 is 2.46 bits per heavy atom. The summed E-state index contributed by atoms with van der Waals surface area (Å²) in [4.78, 5) is 14.9. The average molecular weight is 175 g/mol. The SMILES string of the molecule is C=C=Cc1cncc(C(=O)OC)c1. The lowest BCUT2D eigenvalue weighted by molar-refractivity contribution is 0.0600. The fourth-order valence-corrected chi connectivity index (χ4v) is 0.884. The smallest absolute Gasteiger partial charge is 0.339 e. The van der Waals surface area contributed by atoms with Gasteiger partial charge in [0, 0.05) is 18.0 Å². The van der Waals surface area contributed by atoms with Gasteiger partial charge in [0.25, 0.3) is 0 Å². The van der Waals surface area contributed by atoms with Gasteiger partial charge < -0.3 is 4.74 Å². The van der Waals surface area contributed by atoms with Crippen LogP contribution in [0, 0.1) is 0 Å². The van der Waals surface area contributed by atoms with Crippen LogP contribution in [0.4, 0.5) is 0 Å². The number of methoxy groups -OCH3 is 1. The number of hydrogen-bond acceptors (Lipinski definition) is 3. The first-order valence-electron chi connectivity index (χ1n) is 3.67. The third kappa shape index (κ3) is 2.29. The highest BCUT2D eigenvalue weighted by Gasteiger charge is 2.04. The number of esters is 1. The van der Waals surface area contributed by atoms with Crippen LogP contribution in [0.25, 0.3) is 6.08 Å². The molecule has 3 nitrogen and oxygen atoms in total. The Morgan fingerprint density at radius 1 is 1.69 bits per heavy atom. The Balaban J connectivity index is 3.04. The van der Waals surface area contributed by atoms with Gasteiger partial charge in [0.2, 0.25) is 0 Å². The molecule has 0 N–H and O–H groups in total. The molecule has 0 unspecified atom stereocenters. The Bertz CT molecular complexity index is 365. The highest BCUT2D eigenvalue weighted by molar-refractivity contribution is 5.89. The molecule has 1 rings (SSSR count). The zero-order chi connectivity index (χ0) is 9.68. The number of carbonyl (C=O) groups excluding carboxylic acids is 1. The lowest BCUT2D eigenvalue weighted by Gasteiger charge is -1.98. The van der Waals surface area contributed by atoms with E-state index in [-0.39, 0.29) is 0 Å². The minimum Gasteiger partial charge on any atom is -0.465 e. The van der Waals surface area contributed by atoms with Crippen LogP contribution in [-0.2, 0) is 4.74 Å². The Hall–Kier alpha value is -1.86. The predicted octanol–water partition coefficient (Wildman–Crippen LogP) is 1.67. The average Bonchev–Trinajstić information content (AvgIpc) is 2.18. The van der Waals surface area contributed by atoms with E-state index in [1.807, 2.05) is 0 Å². The summed E-state index contributed by atoms with van der Waals surface area (Å²) in [6.45, 7) is 3.43. The summed E-state index contributed by atoms with van der Waals surface area (Å²) in [5, 5.41) is 0. The number of nitrogens with zero attached hydrogens (tertiary/aromatic N) is 1. The van der Waals surface area contributed by atoms with Crippen LogP contribution >= 0.6 is 0 Å². The van der Waals surface area contributed by atoms with Crippen molar-refractivity contribution in [2.24, 2.45) is 0 Å². The van der Waals surface area contributed by atoms with E-state index in [0.29, 0.717) is 5.56 Å². The largest absolute Gasteiger partial charge is 0.465 e. The van der Waals surface area contributed by atoms with E-state index in [4.69, 9.17) is 0 Å². The molecule has 0 fully saturated rings. The van der Waals surface area contributed by atoms with Crippen molar-refractivity contribution in [1.29, 1.82) is 0 Å². The summed E-state index contributed by atoms with van der Waals surface area (Å²) in [6.07, 6.45) is 4.70. The van der Waals surface area contributed by atoms with Gasteiger partial charge in [-0.1, -0.05) is 6.58 Å². The van der Waals surface area contributed by atoms with E-state index in [9.17, 15) is 4.79 Å². The first kappa shape index (κ1) is 9.23. The molecule has 0 saturated heterocycles. The third-order valence-corrected chi connectivity index (χ3v) is 1.45. The molecule has 13 heavy (non-hydrogen) atoms. The zero-order valence-electron chi connectivity index (χ0n) is 7.28. The van der Waals surface area contributed by atoms with E-state index in [0.717, 1.165) is 5.56 Å². The van der Waals surface area contributed by atoms with Gasteiger partial charge in [-0.15, -0.1) is 5.73 Å². The molecule has 1 aromatic heterocycles. The van der Waals surface area contributed by atoms with Crippen LogP contribution in [0.3, 0.4) is 0 Å². The van der Waals surface area contributed by atoms with Crippen molar-refractivity contribution < 1.29 is 9.53 Å². The van der Waals surface area contributed by atoms with Crippen LogP contribution in [0.2, 0.25) is 0 Å². The molecule has 0 aliphatic heterocycles. The predicted molar refractivity (Wildman–Crippen MR) is 49.2 cm³/mol. The quantitative estimate of drug-likeness (QED) is 0.507. The zero-order valence-corrected chi connectivity index (χ0v) is 7.28. The summed E-state index contributed by atoms with van der Waals surface area (Å²) < 4.78 is 4.54. The number of hydrogen-bond donors (Lipinski definition) is 0. The molecule has 0 aliphatic rings. The fraction of sp³-hybridized carbons (Fsp3) is 0.100. The number of carbonyl (C=O) groups is 1. The lowest BCUT2D eigenvalue weighted by Crippen LogP contribution is -2.01. The molecule has 0 saturated carbocycles. The number of rotatable bonds is 2. The minimum atomic E-state index is -0.396. The maximum Gasteiger partial charge on any atom is 0.339 e. The standard InChI is InChI=1S/C10H9NO2/c1-3-4-8-5-9(7-11-6-8)10(12)13-2/h4-7H,1H2,2H3. The summed E-state index contributed by atoms with van der Waals surface area (Å²) in [6, 6.07) is 1.66. The highest BCUT2D eigenvalue weighted by atomic mass is 16.5. The Labute approximate surface area is 76.4 Å². The first-order valence-corrected chi connectivity index (χ1v) is 3.67. The number of ether oxygens (including phenoxy) is 1. The summed E-state index contributed by atoms with van der Waals surface area (Å²) >= 11 is 0. The third-order valence-electron chi connectivity index (χ3n) is 1.45. The van der Waals surface area contributed by atoms with Crippen molar-refractivity contribution in [3.63, 3.8) is 0 Å². The topological polar surface area (TPSA) is 39.2 Å². The Kier molecular flexibility index (Phi) is 3.01. The fourth-order valence-electron chi connectivity index (χ4n) is 0.884. The van der Waals surface area contributed by atoms with Crippen LogP contribution < -0.4 is 0 Å². The molecule has 66 valence electrons. The molecule has 1 heterocycles. The van der Waals surface area contributed by atoms with Gasteiger partial charge in [-0.05, 0) is 12.1 Å². The van der Waals surface area contributed by atoms with Gasteiger partial charge in [0.1, 0.15) is 0 Å². The van der Waals surface area contributed by atoms with Gasteiger partial charge in [0.15, 0.2) is 0 Å². The van der Waals surface area contributed by atoms with Crippen molar-refractivity contribution in [1.82, 2.24) is 4.98 Å². The summed E-state index contributed by atoms with van der Waals surface area (Å²) in [7, 11) is 1.33. The molecular formula is C10H9NO2. The van der Waals surface area contributed by atoms with Gasteiger partial charge in [-0.2, -0.15) is 0 Å². The molecular weight excluding hydrogens is 166 g/mol. The lowest BCUT2D eigenvalue weighted by atomic mass is 10.2. The molecule has 3 heteroatoms. The second kappa shape index (κ2) is 4.24. The van der Waals surface area contributed by atoms with Crippen LogP contribution in [0.15, 0.2) is 30.8 Å². The first-order chi connectivity index (χ1) is 6.27. The highest BCUT2D eigenvalue weighted by Crippen LogP contribution is 2.04. The summed E-state index contributed by atoms with van der Waals surface area (Å²) in [5.74, 6) is -0.396. The number of aromatic nitrogens is 1. The van der Waals surface area contributed by atoms with Crippen molar-refractivity contribution in [3.05, 3.63) is 41.9 Å². The monoisotopic (exact) mass is 175 g/mol. The maximum absolute atomic E-state index is 11.1. The van der Waals surface area contributed by atoms with Gasteiger partial charge in [0.05, 0.1) is 12.7 Å². The minimum absolute atomic E-state index is 0.396. The van der Waals surface area contributed by atoms with E-state index in [1.165, 1.54) is 13.3 Å². The van der Waals surface area contributed by atoms with Crippen LogP contribution in [-0.4, -0.2) is 18.1 Å². The van der Waals surface area contributed by atoms with Gasteiger partial charge in [-0.25, -0.2) is 4.79 Å². The van der Waals surface area contributed by atoms with Crippen molar-refractivity contribution in [2.45, 2.75) is 0 Å². The van der Waals surface area contributed by atoms with Gasteiger partial charge in [-0.3, -0.25) is 4.98 Å². The second-order valence-electron chi connectivity index (χ2n) is 2.35. The van der Waals surface area contributed by atoms with E-state index in [1.54, 1.807) is 18.3 Å². The van der Waals surface area contributed by atoms with Crippen molar-refractivity contribution in [2.75, 3.05) is 7.11 Å². The Morgan fingerprint density at radius 3 is 3.08 bits per heavy atom. The van der Waals surface area contributed by atoms with E-state index >= 15 is 0 Å². The van der Waals surface area contributed by atoms with Crippen LogP contribution in [0.1, 0.15) is 15.9 Å². The maximum atomic E-state index is 11.1. The van der Waals surface area contributed by atoms with Crippen molar-refractivity contribution in [3.8, 4) is 0 Å².